The molecule has 0 spiro atoms. The Bertz CT molecular complexity index is 354. The van der Waals surface area contributed by atoms with Crippen molar-refractivity contribution >= 4 is 17.4 Å². The van der Waals surface area contributed by atoms with Gasteiger partial charge in [0.1, 0.15) is 5.82 Å². The monoisotopic (exact) mass is 239 g/mol. The predicted octanol–water partition coefficient (Wildman–Crippen LogP) is 2.31. The summed E-state index contributed by atoms with van der Waals surface area (Å²) >= 11 is 5.96. The second-order valence-corrected chi connectivity index (χ2v) is 5.02. The maximum Gasteiger partial charge on any atom is 0.130 e. The fraction of sp³-hybridized carbons (Fsp3) is 0.583. The minimum absolute atomic E-state index is 0.539. The number of hydrogen-bond donors (Lipinski definition) is 1. The molecule has 0 unspecified atom stereocenters. The molecule has 0 bridgehead atoms. The highest BCUT2D eigenvalue weighted by Gasteiger charge is 2.23. The Morgan fingerprint density at radius 1 is 1.56 bits per heavy atom. The third-order valence-electron chi connectivity index (χ3n) is 2.79. The van der Waals surface area contributed by atoms with Crippen molar-refractivity contribution < 1.29 is 0 Å². The quantitative estimate of drug-likeness (QED) is 0.878. The molecule has 0 amide bonds. The first kappa shape index (κ1) is 11.7. The van der Waals surface area contributed by atoms with Gasteiger partial charge in [-0.2, -0.15) is 0 Å². The van der Waals surface area contributed by atoms with Crippen LogP contribution in [0.25, 0.3) is 0 Å². The molecule has 1 aliphatic rings. The number of halogens is 1. The number of rotatable bonds is 3. The Morgan fingerprint density at radius 2 is 2.38 bits per heavy atom. The summed E-state index contributed by atoms with van der Waals surface area (Å²) in [5.74, 6) is 0.987. The van der Waals surface area contributed by atoms with Crippen molar-refractivity contribution in [1.29, 1.82) is 0 Å². The molecule has 88 valence electrons. The first-order chi connectivity index (χ1) is 7.65. The second kappa shape index (κ2) is 5.02. The summed E-state index contributed by atoms with van der Waals surface area (Å²) in [5.41, 5.74) is 0. The van der Waals surface area contributed by atoms with Crippen LogP contribution in [-0.4, -0.2) is 30.2 Å². The van der Waals surface area contributed by atoms with Gasteiger partial charge in [0.25, 0.3) is 0 Å². The zero-order valence-electron chi connectivity index (χ0n) is 9.78. The van der Waals surface area contributed by atoms with E-state index in [4.69, 9.17) is 11.6 Å². The third kappa shape index (κ3) is 2.86. The van der Waals surface area contributed by atoms with Crippen LogP contribution in [0.4, 0.5) is 5.82 Å². The Morgan fingerprint density at radius 3 is 3.06 bits per heavy atom. The minimum Gasteiger partial charge on any atom is -0.355 e. The molecule has 0 aliphatic carbocycles. The zero-order chi connectivity index (χ0) is 11.5. The molecule has 16 heavy (non-hydrogen) atoms. The fourth-order valence-electron chi connectivity index (χ4n) is 2.14. The average Bonchev–Trinajstić information content (AvgIpc) is 2.65. The van der Waals surface area contributed by atoms with E-state index >= 15 is 0 Å². The maximum atomic E-state index is 5.96. The van der Waals surface area contributed by atoms with Crippen LogP contribution in [0.1, 0.15) is 20.3 Å². The molecule has 0 radical (unpaired) electrons. The molecule has 0 aromatic carbocycles. The van der Waals surface area contributed by atoms with Gasteiger partial charge in [0.05, 0.1) is 0 Å². The molecular weight excluding hydrogens is 222 g/mol. The second-order valence-electron chi connectivity index (χ2n) is 4.59. The molecule has 1 aromatic heterocycles. The number of anilines is 1. The van der Waals surface area contributed by atoms with E-state index in [1.165, 1.54) is 6.42 Å². The highest BCUT2D eigenvalue weighted by Crippen LogP contribution is 2.21. The van der Waals surface area contributed by atoms with Gasteiger partial charge in [-0.3, -0.25) is 0 Å². The lowest BCUT2D eigenvalue weighted by Gasteiger charge is -2.19. The van der Waals surface area contributed by atoms with E-state index in [0.29, 0.717) is 12.1 Å². The SMILES string of the molecule is CC(C)N[C@H]1CCN(c2cc(Cl)ccn2)C1. The molecule has 2 heterocycles. The average molecular weight is 240 g/mol. The van der Waals surface area contributed by atoms with E-state index in [2.05, 4.69) is 29.0 Å². The Labute approximate surface area is 102 Å². The van der Waals surface area contributed by atoms with Crippen LogP contribution in [0.3, 0.4) is 0 Å². The molecule has 1 saturated heterocycles. The summed E-state index contributed by atoms with van der Waals surface area (Å²) in [6.45, 7) is 6.43. The van der Waals surface area contributed by atoms with Crippen LogP contribution in [0.15, 0.2) is 18.3 Å². The van der Waals surface area contributed by atoms with E-state index in [1.54, 1.807) is 6.20 Å². The summed E-state index contributed by atoms with van der Waals surface area (Å²) < 4.78 is 0. The van der Waals surface area contributed by atoms with Gasteiger partial charge in [-0.15, -0.1) is 0 Å². The van der Waals surface area contributed by atoms with E-state index in [1.807, 2.05) is 12.1 Å². The highest BCUT2D eigenvalue weighted by atomic mass is 35.5. The minimum atomic E-state index is 0.539. The summed E-state index contributed by atoms with van der Waals surface area (Å²) in [7, 11) is 0. The Hall–Kier alpha value is -0.800. The number of aromatic nitrogens is 1. The van der Waals surface area contributed by atoms with Crippen LogP contribution in [0.5, 0.6) is 0 Å². The molecular formula is C12H18ClN3. The van der Waals surface area contributed by atoms with Crippen LogP contribution >= 0.6 is 11.6 Å². The highest BCUT2D eigenvalue weighted by molar-refractivity contribution is 6.30. The van der Waals surface area contributed by atoms with Crippen molar-refractivity contribution in [2.24, 2.45) is 0 Å². The third-order valence-corrected chi connectivity index (χ3v) is 3.02. The van der Waals surface area contributed by atoms with Crippen molar-refractivity contribution in [3.8, 4) is 0 Å². The number of nitrogens with one attached hydrogen (secondary N) is 1. The molecule has 3 nitrogen and oxygen atoms in total. The molecule has 1 aliphatic heterocycles. The Kier molecular flexibility index (Phi) is 3.66. The van der Waals surface area contributed by atoms with Crippen LogP contribution in [0, 0.1) is 0 Å². The van der Waals surface area contributed by atoms with Gasteiger partial charge >= 0.3 is 0 Å². The summed E-state index contributed by atoms with van der Waals surface area (Å²) in [6.07, 6.45) is 2.94. The Balaban J connectivity index is 1.98. The van der Waals surface area contributed by atoms with Gasteiger partial charge in [0, 0.05) is 36.4 Å². The smallest absolute Gasteiger partial charge is 0.130 e. The maximum absolute atomic E-state index is 5.96. The van der Waals surface area contributed by atoms with Gasteiger partial charge in [-0.05, 0) is 18.6 Å². The largest absolute Gasteiger partial charge is 0.355 e. The van der Waals surface area contributed by atoms with E-state index in [9.17, 15) is 0 Å². The van der Waals surface area contributed by atoms with Gasteiger partial charge < -0.3 is 10.2 Å². The summed E-state index contributed by atoms with van der Waals surface area (Å²) in [5, 5.41) is 4.31. The molecule has 1 N–H and O–H groups in total. The standard InChI is InChI=1S/C12H18ClN3/c1-9(2)15-11-4-6-16(8-11)12-7-10(13)3-5-14-12/h3,5,7,9,11,15H,4,6,8H2,1-2H3/t11-/m0/s1. The van der Waals surface area contributed by atoms with Crippen LogP contribution in [0.2, 0.25) is 5.02 Å². The molecule has 1 atom stereocenters. The lowest BCUT2D eigenvalue weighted by Crippen LogP contribution is -2.37. The van der Waals surface area contributed by atoms with Gasteiger partial charge in [0.2, 0.25) is 0 Å². The zero-order valence-corrected chi connectivity index (χ0v) is 10.5. The topological polar surface area (TPSA) is 28.2 Å². The van der Waals surface area contributed by atoms with Gasteiger partial charge in [-0.1, -0.05) is 25.4 Å². The van der Waals surface area contributed by atoms with Gasteiger partial charge in [0.15, 0.2) is 0 Å². The molecule has 2 rings (SSSR count). The number of pyridine rings is 1. The lowest BCUT2D eigenvalue weighted by molar-refractivity contribution is 0.492. The fourth-order valence-corrected chi connectivity index (χ4v) is 2.30. The number of nitrogens with zero attached hydrogens (tertiary/aromatic N) is 2. The van der Waals surface area contributed by atoms with E-state index in [0.717, 1.165) is 23.9 Å². The summed E-state index contributed by atoms with van der Waals surface area (Å²) in [4.78, 5) is 6.63. The molecule has 1 fully saturated rings. The van der Waals surface area contributed by atoms with Crippen molar-refractivity contribution in [2.45, 2.75) is 32.4 Å². The lowest BCUT2D eigenvalue weighted by atomic mass is 10.2. The van der Waals surface area contributed by atoms with Gasteiger partial charge in [-0.25, -0.2) is 4.98 Å². The predicted molar refractivity (Wildman–Crippen MR) is 68.1 cm³/mol. The van der Waals surface area contributed by atoms with Crippen LogP contribution in [-0.2, 0) is 0 Å². The van der Waals surface area contributed by atoms with E-state index < -0.39 is 0 Å². The van der Waals surface area contributed by atoms with Crippen molar-refractivity contribution in [2.75, 3.05) is 18.0 Å². The van der Waals surface area contributed by atoms with Crippen molar-refractivity contribution in [3.05, 3.63) is 23.4 Å². The van der Waals surface area contributed by atoms with E-state index in [-0.39, 0.29) is 0 Å². The van der Waals surface area contributed by atoms with Crippen molar-refractivity contribution in [3.63, 3.8) is 0 Å². The normalized spacial score (nSPS) is 20.8. The first-order valence-electron chi connectivity index (χ1n) is 5.77. The molecule has 4 heteroatoms. The molecule has 1 aromatic rings. The van der Waals surface area contributed by atoms with Crippen LogP contribution < -0.4 is 10.2 Å². The first-order valence-corrected chi connectivity index (χ1v) is 6.15. The molecule has 0 saturated carbocycles. The van der Waals surface area contributed by atoms with Crippen molar-refractivity contribution in [1.82, 2.24) is 10.3 Å². The number of hydrogen-bond acceptors (Lipinski definition) is 3. The summed E-state index contributed by atoms with van der Waals surface area (Å²) in [6, 6.07) is 4.85.